The lowest BCUT2D eigenvalue weighted by molar-refractivity contribution is -0.130. The number of nitrogens with zero attached hydrogens (tertiary/aromatic N) is 2. The number of hydrogen-bond donors (Lipinski definition) is 1. The number of carbonyl (C=O) groups excluding carboxylic acids is 2. The number of imide groups is 1. The molecule has 0 bridgehead atoms. The van der Waals surface area contributed by atoms with Crippen LogP contribution in [0.25, 0.3) is 10.9 Å². The van der Waals surface area contributed by atoms with Crippen molar-refractivity contribution < 1.29 is 19.1 Å². The third-order valence-electron chi connectivity index (χ3n) is 7.75. The molecular formula is C27H29N3O4. The highest BCUT2D eigenvalue weighted by Crippen LogP contribution is 2.45. The minimum absolute atomic E-state index is 0.00560. The Kier molecular flexibility index (Phi) is 5.01. The molecule has 3 aromatic rings. The van der Waals surface area contributed by atoms with Crippen molar-refractivity contribution in [3.63, 3.8) is 0 Å². The van der Waals surface area contributed by atoms with Crippen LogP contribution in [0, 0.1) is 0 Å². The van der Waals surface area contributed by atoms with E-state index in [2.05, 4.69) is 4.98 Å². The minimum atomic E-state index is -0.501. The Hall–Kier alpha value is -3.48. The lowest BCUT2D eigenvalue weighted by Crippen LogP contribution is -2.44. The van der Waals surface area contributed by atoms with Crippen molar-refractivity contribution in [1.82, 2.24) is 14.8 Å². The second kappa shape index (κ2) is 8.08. The Morgan fingerprint density at radius 3 is 2.32 bits per heavy atom. The van der Waals surface area contributed by atoms with Crippen LogP contribution >= 0.6 is 0 Å². The van der Waals surface area contributed by atoms with Gasteiger partial charge in [0.25, 0.3) is 5.91 Å². The molecule has 7 nitrogen and oxygen atoms in total. The number of aromatic nitrogens is 1. The molecule has 2 unspecified atom stereocenters. The molecule has 1 aromatic heterocycles. The first-order valence-corrected chi connectivity index (χ1v) is 12.1. The lowest BCUT2D eigenvalue weighted by atomic mass is 9.88. The number of amides is 3. The fourth-order valence-electron chi connectivity index (χ4n) is 6.06. The van der Waals surface area contributed by atoms with E-state index in [1.54, 1.807) is 19.1 Å². The van der Waals surface area contributed by atoms with Gasteiger partial charge in [-0.15, -0.1) is 0 Å². The number of ether oxygens (including phenoxy) is 2. The fraction of sp³-hybridized carbons (Fsp3) is 0.407. The van der Waals surface area contributed by atoms with Crippen molar-refractivity contribution in [2.75, 3.05) is 14.2 Å². The van der Waals surface area contributed by atoms with Crippen LogP contribution in [-0.2, 0) is 11.2 Å². The van der Waals surface area contributed by atoms with Crippen LogP contribution < -0.4 is 9.47 Å². The van der Waals surface area contributed by atoms with Crippen LogP contribution in [0.1, 0.15) is 55.0 Å². The van der Waals surface area contributed by atoms with Gasteiger partial charge in [-0.05, 0) is 54.3 Å². The van der Waals surface area contributed by atoms with Gasteiger partial charge in [0.15, 0.2) is 0 Å². The van der Waals surface area contributed by atoms with Gasteiger partial charge in [-0.3, -0.25) is 14.6 Å². The molecule has 3 amide bonds. The first-order chi connectivity index (χ1) is 16.6. The van der Waals surface area contributed by atoms with Gasteiger partial charge in [0.05, 0.1) is 14.2 Å². The van der Waals surface area contributed by atoms with Crippen molar-refractivity contribution in [3.05, 3.63) is 59.3 Å². The molecule has 7 heteroatoms. The van der Waals surface area contributed by atoms with Crippen molar-refractivity contribution in [3.8, 4) is 11.5 Å². The van der Waals surface area contributed by atoms with E-state index < -0.39 is 6.04 Å². The van der Waals surface area contributed by atoms with E-state index in [0.717, 1.165) is 64.9 Å². The van der Waals surface area contributed by atoms with Crippen LogP contribution in [0.2, 0.25) is 0 Å². The number of carbonyl (C=O) groups is 2. The van der Waals surface area contributed by atoms with Crippen LogP contribution in [-0.4, -0.2) is 53.0 Å². The summed E-state index contributed by atoms with van der Waals surface area (Å²) in [6.45, 7) is 0. The summed E-state index contributed by atoms with van der Waals surface area (Å²) in [6.07, 6.45) is 5.61. The van der Waals surface area contributed by atoms with Gasteiger partial charge in [0.1, 0.15) is 23.6 Å². The van der Waals surface area contributed by atoms with Gasteiger partial charge in [0.2, 0.25) is 0 Å². The summed E-state index contributed by atoms with van der Waals surface area (Å²) >= 11 is 0. The number of rotatable bonds is 4. The predicted octanol–water partition coefficient (Wildman–Crippen LogP) is 4.80. The zero-order chi connectivity index (χ0) is 23.4. The topological polar surface area (TPSA) is 74.9 Å². The molecule has 0 radical (unpaired) electrons. The summed E-state index contributed by atoms with van der Waals surface area (Å²) in [5.41, 5.74) is 3.99. The maximum absolute atomic E-state index is 13.9. The second-order valence-electron chi connectivity index (χ2n) is 9.51. The first kappa shape index (κ1) is 21.1. The quantitative estimate of drug-likeness (QED) is 0.569. The van der Waals surface area contributed by atoms with Gasteiger partial charge in [0, 0.05) is 29.1 Å². The molecule has 2 atom stereocenters. The number of fused-ring (bicyclic) bond motifs is 4. The number of benzene rings is 2. The highest BCUT2D eigenvalue weighted by Gasteiger charge is 2.54. The molecule has 34 heavy (non-hydrogen) atoms. The van der Waals surface area contributed by atoms with Gasteiger partial charge >= 0.3 is 6.03 Å². The third kappa shape index (κ3) is 3.10. The number of hydrogen-bond acceptors (Lipinski definition) is 4. The average Bonchev–Trinajstić information content (AvgIpc) is 3.37. The predicted molar refractivity (Wildman–Crippen MR) is 128 cm³/mol. The number of aromatic amines is 1. The van der Waals surface area contributed by atoms with Crippen LogP contribution in [0.15, 0.2) is 42.5 Å². The monoisotopic (exact) mass is 459 g/mol. The summed E-state index contributed by atoms with van der Waals surface area (Å²) < 4.78 is 10.8. The second-order valence-corrected chi connectivity index (χ2v) is 9.51. The maximum atomic E-state index is 13.9. The Morgan fingerprint density at radius 1 is 0.912 bits per heavy atom. The summed E-state index contributed by atoms with van der Waals surface area (Å²) in [5.74, 6) is 1.47. The molecule has 176 valence electrons. The molecule has 2 aliphatic heterocycles. The van der Waals surface area contributed by atoms with Gasteiger partial charge in [-0.25, -0.2) is 4.79 Å². The molecule has 3 heterocycles. The van der Waals surface area contributed by atoms with Gasteiger partial charge in [-0.2, -0.15) is 0 Å². The summed E-state index contributed by atoms with van der Waals surface area (Å²) in [4.78, 5) is 34.5. The molecule has 0 spiro atoms. The molecule has 2 aromatic carbocycles. The van der Waals surface area contributed by atoms with E-state index in [0.29, 0.717) is 6.42 Å². The maximum Gasteiger partial charge on any atom is 0.328 e. The first-order valence-electron chi connectivity index (χ1n) is 12.1. The largest absolute Gasteiger partial charge is 0.497 e. The average molecular weight is 460 g/mol. The molecule has 1 saturated heterocycles. The van der Waals surface area contributed by atoms with E-state index >= 15 is 0 Å². The Morgan fingerprint density at radius 2 is 1.62 bits per heavy atom. The van der Waals surface area contributed by atoms with Crippen LogP contribution in [0.3, 0.4) is 0 Å². The van der Waals surface area contributed by atoms with E-state index in [1.165, 1.54) is 6.42 Å². The van der Waals surface area contributed by atoms with Crippen molar-refractivity contribution in [1.29, 1.82) is 0 Å². The molecular weight excluding hydrogens is 430 g/mol. The number of nitrogens with one attached hydrogen (secondary N) is 1. The highest BCUT2D eigenvalue weighted by atomic mass is 16.5. The Labute approximate surface area is 198 Å². The van der Waals surface area contributed by atoms with Crippen molar-refractivity contribution >= 4 is 22.8 Å². The van der Waals surface area contributed by atoms with E-state index in [1.807, 2.05) is 47.4 Å². The molecule has 1 aliphatic carbocycles. The Balaban J connectivity index is 1.50. The fourth-order valence-corrected chi connectivity index (χ4v) is 6.06. The van der Waals surface area contributed by atoms with Gasteiger partial charge in [-0.1, -0.05) is 31.4 Å². The summed E-state index contributed by atoms with van der Waals surface area (Å²) in [5, 5.41) is 1.05. The number of methoxy groups -OCH3 is 2. The molecule has 2 fully saturated rings. The number of urea groups is 1. The summed E-state index contributed by atoms with van der Waals surface area (Å²) in [6, 6.07) is 12.7. The molecule has 1 N–H and O–H groups in total. The van der Waals surface area contributed by atoms with Crippen molar-refractivity contribution in [2.24, 2.45) is 0 Å². The van der Waals surface area contributed by atoms with E-state index in [4.69, 9.17) is 9.47 Å². The molecule has 3 aliphatic rings. The lowest BCUT2D eigenvalue weighted by Gasteiger charge is -2.36. The van der Waals surface area contributed by atoms with Crippen LogP contribution in [0.4, 0.5) is 4.79 Å². The Bertz CT molecular complexity index is 1260. The zero-order valence-electron chi connectivity index (χ0n) is 19.5. The van der Waals surface area contributed by atoms with Crippen molar-refractivity contribution in [2.45, 2.75) is 56.7 Å². The molecule has 6 rings (SSSR count). The normalized spacial score (nSPS) is 22.8. The summed E-state index contributed by atoms with van der Waals surface area (Å²) in [7, 11) is 3.29. The van der Waals surface area contributed by atoms with E-state index in [9.17, 15) is 9.59 Å². The van der Waals surface area contributed by atoms with E-state index in [-0.39, 0.29) is 24.0 Å². The minimum Gasteiger partial charge on any atom is -0.497 e. The van der Waals surface area contributed by atoms with Crippen LogP contribution in [0.5, 0.6) is 11.5 Å². The zero-order valence-corrected chi connectivity index (χ0v) is 19.5. The third-order valence-corrected chi connectivity index (χ3v) is 7.75. The smallest absolute Gasteiger partial charge is 0.328 e. The standard InChI is InChI=1S/C27H29N3O4/c1-33-18-10-8-16(9-11-18)25-24-21(20-14-19(34-2)12-13-22(20)28-24)15-23-26(31)29(27(32)30(23)25)17-6-4-3-5-7-17/h8-14,17,23,25,28H,3-7,15H2,1-2H3. The highest BCUT2D eigenvalue weighted by molar-refractivity contribution is 6.06. The van der Waals surface area contributed by atoms with Gasteiger partial charge < -0.3 is 14.5 Å². The molecule has 1 saturated carbocycles. The number of H-pyrrole nitrogens is 1. The SMILES string of the molecule is COc1ccc(C2c3[nH]c4ccc(OC)cc4c3CC3C(=O)N(C4CCCCC4)C(=O)N32)cc1.